The second-order valence-corrected chi connectivity index (χ2v) is 9.65. The van der Waals surface area contributed by atoms with Crippen LogP contribution in [0.2, 0.25) is 0 Å². The average molecular weight is 412 g/mol. The molecule has 2 N–H and O–H groups in total. The Morgan fingerprint density at radius 3 is 2.61 bits per heavy atom. The third-order valence-electron chi connectivity index (χ3n) is 4.74. The van der Waals surface area contributed by atoms with Crippen molar-refractivity contribution in [2.24, 2.45) is 10.4 Å². The van der Waals surface area contributed by atoms with Gasteiger partial charge in [-0.3, -0.25) is 4.99 Å². The van der Waals surface area contributed by atoms with E-state index >= 15 is 0 Å². The van der Waals surface area contributed by atoms with Crippen molar-refractivity contribution in [3.8, 4) is 5.75 Å². The first-order valence-corrected chi connectivity index (χ1v) is 11.8. The molecule has 0 spiro atoms. The number of guanidine groups is 1. The molecule has 0 saturated heterocycles. The fourth-order valence-corrected chi connectivity index (χ4v) is 4.58. The maximum absolute atomic E-state index is 11.6. The standard InChI is InChI=1S/C20H33N3O4S/c1-5-26-10-11-27-18-12-16(2)6-7-17(18)13-22-19(21-3)23-14-20(8-9-20)15-28(4,24)25/h6-7,12H,5,8-11,13-15H2,1-4H3,(H2,21,22,23). The minimum atomic E-state index is -2.98. The van der Waals surface area contributed by atoms with Crippen molar-refractivity contribution in [3.05, 3.63) is 29.3 Å². The fourth-order valence-electron chi connectivity index (χ4n) is 3.07. The van der Waals surface area contributed by atoms with Gasteiger partial charge in [0.15, 0.2) is 5.96 Å². The Balaban J connectivity index is 1.89. The molecule has 158 valence electrons. The van der Waals surface area contributed by atoms with E-state index in [2.05, 4.69) is 15.6 Å². The Labute approximate surface area is 168 Å². The van der Waals surface area contributed by atoms with Crippen LogP contribution in [0.1, 0.15) is 30.9 Å². The van der Waals surface area contributed by atoms with Gasteiger partial charge in [-0.25, -0.2) is 8.42 Å². The molecule has 2 rings (SSSR count). The first-order chi connectivity index (χ1) is 13.3. The van der Waals surface area contributed by atoms with Crippen molar-refractivity contribution in [2.45, 2.75) is 33.2 Å². The van der Waals surface area contributed by atoms with Crippen LogP contribution in [-0.4, -0.2) is 59.8 Å². The Morgan fingerprint density at radius 2 is 2.00 bits per heavy atom. The lowest BCUT2D eigenvalue weighted by atomic mass is 10.1. The van der Waals surface area contributed by atoms with Crippen molar-refractivity contribution in [2.75, 3.05) is 45.4 Å². The minimum Gasteiger partial charge on any atom is -0.491 e. The number of aryl methyl sites for hydroxylation is 1. The van der Waals surface area contributed by atoms with Gasteiger partial charge in [-0.1, -0.05) is 12.1 Å². The third kappa shape index (κ3) is 7.67. The number of hydrogen-bond acceptors (Lipinski definition) is 5. The van der Waals surface area contributed by atoms with E-state index in [-0.39, 0.29) is 11.2 Å². The molecule has 1 fully saturated rings. The highest BCUT2D eigenvalue weighted by Crippen LogP contribution is 2.45. The minimum absolute atomic E-state index is 0.150. The van der Waals surface area contributed by atoms with Gasteiger partial charge in [0.25, 0.3) is 0 Å². The van der Waals surface area contributed by atoms with Crippen LogP contribution < -0.4 is 15.4 Å². The summed E-state index contributed by atoms with van der Waals surface area (Å²) in [5, 5.41) is 6.56. The van der Waals surface area contributed by atoms with E-state index in [1.807, 2.05) is 32.0 Å². The number of sulfone groups is 1. The summed E-state index contributed by atoms with van der Waals surface area (Å²) in [6.07, 6.45) is 3.16. The summed E-state index contributed by atoms with van der Waals surface area (Å²) in [5.41, 5.74) is 2.01. The summed E-state index contributed by atoms with van der Waals surface area (Å²) in [7, 11) is -1.27. The largest absolute Gasteiger partial charge is 0.491 e. The molecular weight excluding hydrogens is 378 g/mol. The number of aliphatic imine (C=N–C) groups is 1. The first-order valence-electron chi connectivity index (χ1n) is 9.69. The zero-order chi connectivity index (χ0) is 20.6. The van der Waals surface area contributed by atoms with Gasteiger partial charge < -0.3 is 20.1 Å². The van der Waals surface area contributed by atoms with Crippen LogP contribution in [0.5, 0.6) is 5.75 Å². The highest BCUT2D eigenvalue weighted by molar-refractivity contribution is 7.90. The van der Waals surface area contributed by atoms with E-state index in [9.17, 15) is 8.42 Å². The highest BCUT2D eigenvalue weighted by atomic mass is 32.2. The maximum atomic E-state index is 11.6. The third-order valence-corrected chi connectivity index (χ3v) is 5.87. The molecule has 0 heterocycles. The quantitative estimate of drug-likeness (QED) is 0.328. The van der Waals surface area contributed by atoms with Gasteiger partial charge in [0.05, 0.1) is 12.4 Å². The van der Waals surface area contributed by atoms with Crippen molar-refractivity contribution in [3.63, 3.8) is 0 Å². The molecule has 1 aromatic carbocycles. The number of nitrogens with one attached hydrogen (secondary N) is 2. The number of hydrogen-bond donors (Lipinski definition) is 2. The van der Waals surface area contributed by atoms with E-state index in [0.717, 1.165) is 29.7 Å². The lowest BCUT2D eigenvalue weighted by Crippen LogP contribution is -2.41. The van der Waals surface area contributed by atoms with Crippen LogP contribution in [0.25, 0.3) is 0 Å². The second kappa shape index (κ2) is 10.1. The van der Waals surface area contributed by atoms with E-state index < -0.39 is 9.84 Å². The van der Waals surface area contributed by atoms with Gasteiger partial charge in [0.2, 0.25) is 0 Å². The van der Waals surface area contributed by atoms with Crippen LogP contribution in [0.3, 0.4) is 0 Å². The summed E-state index contributed by atoms with van der Waals surface area (Å²) in [6.45, 7) is 6.89. The molecule has 1 saturated carbocycles. The molecule has 1 aromatic rings. The summed E-state index contributed by atoms with van der Waals surface area (Å²) in [4.78, 5) is 4.25. The van der Waals surface area contributed by atoms with Gasteiger partial charge in [-0.15, -0.1) is 0 Å². The zero-order valence-electron chi connectivity index (χ0n) is 17.4. The van der Waals surface area contributed by atoms with Gasteiger partial charge in [-0.2, -0.15) is 0 Å². The van der Waals surface area contributed by atoms with Crippen LogP contribution >= 0.6 is 0 Å². The normalized spacial score (nSPS) is 15.9. The van der Waals surface area contributed by atoms with Crippen LogP contribution in [0.4, 0.5) is 0 Å². The lowest BCUT2D eigenvalue weighted by Gasteiger charge is -2.19. The molecule has 0 bridgehead atoms. The molecule has 7 nitrogen and oxygen atoms in total. The van der Waals surface area contributed by atoms with E-state index in [4.69, 9.17) is 9.47 Å². The summed E-state index contributed by atoms with van der Waals surface area (Å²) in [5.74, 6) is 1.71. The highest BCUT2D eigenvalue weighted by Gasteiger charge is 2.45. The van der Waals surface area contributed by atoms with Crippen LogP contribution in [0.15, 0.2) is 23.2 Å². The second-order valence-electron chi connectivity index (χ2n) is 7.51. The van der Waals surface area contributed by atoms with Crippen LogP contribution in [0, 0.1) is 12.3 Å². The predicted octanol–water partition coefficient (Wildman–Crippen LogP) is 1.90. The van der Waals surface area contributed by atoms with Crippen molar-refractivity contribution in [1.82, 2.24) is 10.6 Å². The summed E-state index contributed by atoms with van der Waals surface area (Å²) < 4.78 is 34.4. The molecule has 0 unspecified atom stereocenters. The Bertz CT molecular complexity index is 774. The zero-order valence-corrected chi connectivity index (χ0v) is 18.2. The number of nitrogens with zero attached hydrogens (tertiary/aromatic N) is 1. The molecule has 0 aliphatic heterocycles. The van der Waals surface area contributed by atoms with Crippen molar-refractivity contribution >= 4 is 15.8 Å². The molecule has 1 aliphatic carbocycles. The molecule has 0 amide bonds. The van der Waals surface area contributed by atoms with Gasteiger partial charge in [0.1, 0.15) is 22.2 Å². The summed E-state index contributed by atoms with van der Waals surface area (Å²) in [6, 6.07) is 6.11. The van der Waals surface area contributed by atoms with E-state index in [0.29, 0.717) is 38.9 Å². The molecule has 0 radical (unpaired) electrons. The smallest absolute Gasteiger partial charge is 0.191 e. The Hall–Kier alpha value is -1.80. The Kier molecular flexibility index (Phi) is 8.12. The maximum Gasteiger partial charge on any atom is 0.191 e. The first kappa shape index (κ1) is 22.5. The summed E-state index contributed by atoms with van der Waals surface area (Å²) >= 11 is 0. The molecule has 0 aromatic heterocycles. The topological polar surface area (TPSA) is 89.0 Å². The lowest BCUT2D eigenvalue weighted by molar-refractivity contribution is 0.110. The van der Waals surface area contributed by atoms with E-state index in [1.54, 1.807) is 7.05 Å². The predicted molar refractivity (Wildman–Crippen MR) is 113 cm³/mol. The number of benzene rings is 1. The van der Waals surface area contributed by atoms with Crippen molar-refractivity contribution in [1.29, 1.82) is 0 Å². The number of rotatable bonds is 11. The number of ether oxygens (including phenoxy) is 2. The molecule has 1 aliphatic rings. The van der Waals surface area contributed by atoms with Gasteiger partial charge in [0, 0.05) is 44.0 Å². The van der Waals surface area contributed by atoms with Gasteiger partial charge in [-0.05, 0) is 38.3 Å². The average Bonchev–Trinajstić information content (AvgIpc) is 3.38. The molecular formula is C20H33N3O4S. The molecule has 28 heavy (non-hydrogen) atoms. The molecule has 8 heteroatoms. The van der Waals surface area contributed by atoms with Gasteiger partial charge >= 0.3 is 0 Å². The van der Waals surface area contributed by atoms with E-state index in [1.165, 1.54) is 6.26 Å². The SMILES string of the molecule is CCOCCOc1cc(C)ccc1CNC(=NC)NCC1(CS(C)(=O)=O)CC1. The monoisotopic (exact) mass is 411 g/mol. The fraction of sp³-hybridized carbons (Fsp3) is 0.650. The van der Waals surface area contributed by atoms with Crippen molar-refractivity contribution < 1.29 is 17.9 Å². The van der Waals surface area contributed by atoms with Crippen LogP contribution in [-0.2, 0) is 21.1 Å². The molecule has 0 atom stereocenters. The Morgan fingerprint density at radius 1 is 1.25 bits per heavy atom.